The highest BCUT2D eigenvalue weighted by atomic mass is 15.3. The van der Waals surface area contributed by atoms with Crippen LogP contribution in [0.3, 0.4) is 0 Å². The highest BCUT2D eigenvalue weighted by Crippen LogP contribution is 2.10. The Morgan fingerprint density at radius 1 is 1.50 bits per heavy atom. The molecule has 0 N–H and O–H groups in total. The van der Waals surface area contributed by atoms with Gasteiger partial charge in [0.1, 0.15) is 12.2 Å². The number of hydrogen-bond donors (Lipinski definition) is 0. The average Bonchev–Trinajstić information content (AvgIpc) is 2.48. The van der Waals surface area contributed by atoms with E-state index < -0.39 is 19.1 Å². The summed E-state index contributed by atoms with van der Waals surface area (Å²) in [5.74, 6) is 0.273. The molecule has 0 aliphatic carbocycles. The highest BCUT2D eigenvalue weighted by molar-refractivity contribution is 4.87. The van der Waals surface area contributed by atoms with Crippen molar-refractivity contribution in [2.24, 2.45) is 0 Å². The first-order valence-electron chi connectivity index (χ1n) is 6.04. The van der Waals surface area contributed by atoms with Gasteiger partial charge in [-0.15, -0.1) is 10.2 Å². The third-order valence-electron chi connectivity index (χ3n) is 1.37. The first kappa shape index (κ1) is 2.32. The topological polar surface area (TPSA) is 30.7 Å². The van der Waals surface area contributed by atoms with Gasteiger partial charge in [0.2, 0.25) is 0 Å². The molecule has 0 saturated heterocycles. The molecule has 2 rings (SSSR count). The standard InChI is InChI=1S/C7H11N3/c1-2-4-7-9-8-6-10(7)5-3-1/h6H,1-5H2/i1D2,2D2,3D2. The molecule has 0 atom stereocenters. The van der Waals surface area contributed by atoms with E-state index in [1.54, 1.807) is 0 Å². The summed E-state index contributed by atoms with van der Waals surface area (Å²) in [6.45, 7) is -0.276. The van der Waals surface area contributed by atoms with E-state index >= 15 is 0 Å². The molecule has 0 amide bonds. The third-order valence-corrected chi connectivity index (χ3v) is 1.37. The van der Waals surface area contributed by atoms with E-state index in [2.05, 4.69) is 10.2 Å². The Balaban J connectivity index is 2.55. The van der Waals surface area contributed by atoms with Crippen LogP contribution in [0.5, 0.6) is 0 Å². The third kappa shape index (κ3) is 0.916. The van der Waals surface area contributed by atoms with Gasteiger partial charge in [0.25, 0.3) is 0 Å². The lowest BCUT2D eigenvalue weighted by Crippen LogP contribution is -1.98. The second-order valence-electron chi connectivity index (χ2n) is 2.03. The summed E-state index contributed by atoms with van der Waals surface area (Å²) in [5.41, 5.74) is 0. The number of fused-ring (bicyclic) bond motifs is 1. The Bertz CT molecular complexity index is 378. The smallest absolute Gasteiger partial charge is 0.132 e. The molecule has 0 bridgehead atoms. The summed E-state index contributed by atoms with van der Waals surface area (Å²) in [5, 5.41) is 7.26. The monoisotopic (exact) mass is 143 g/mol. The van der Waals surface area contributed by atoms with Gasteiger partial charge in [-0.25, -0.2) is 0 Å². The van der Waals surface area contributed by atoms with E-state index in [-0.39, 0.29) is 18.8 Å². The van der Waals surface area contributed by atoms with Gasteiger partial charge in [0, 0.05) is 21.2 Å². The van der Waals surface area contributed by atoms with E-state index in [1.807, 2.05) is 0 Å². The van der Waals surface area contributed by atoms with Crippen LogP contribution in [0.25, 0.3) is 0 Å². The molecule has 2 heterocycles. The van der Waals surface area contributed by atoms with Crippen LogP contribution in [0.2, 0.25) is 0 Å². The molecule has 1 aromatic rings. The molecule has 54 valence electrons. The van der Waals surface area contributed by atoms with Gasteiger partial charge >= 0.3 is 0 Å². The maximum absolute atomic E-state index is 7.67. The normalized spacial score (nSPS) is 42.0. The molecule has 0 unspecified atom stereocenters. The second-order valence-corrected chi connectivity index (χ2v) is 2.03. The van der Waals surface area contributed by atoms with Crippen molar-refractivity contribution >= 4 is 0 Å². The van der Waals surface area contributed by atoms with Crippen LogP contribution in [-0.4, -0.2) is 14.8 Å². The van der Waals surface area contributed by atoms with E-state index in [1.165, 1.54) is 10.9 Å². The zero-order valence-corrected chi connectivity index (χ0v) is 5.33. The lowest BCUT2D eigenvalue weighted by Gasteiger charge is -1.97. The summed E-state index contributed by atoms with van der Waals surface area (Å²) in [4.78, 5) is 0. The van der Waals surface area contributed by atoms with Gasteiger partial charge in [0.15, 0.2) is 0 Å². The van der Waals surface area contributed by atoms with E-state index in [9.17, 15) is 0 Å². The van der Waals surface area contributed by atoms with Crippen molar-refractivity contribution in [3.63, 3.8) is 0 Å². The van der Waals surface area contributed by atoms with Crippen molar-refractivity contribution in [1.82, 2.24) is 14.8 Å². The van der Waals surface area contributed by atoms with Crippen LogP contribution < -0.4 is 0 Å². The van der Waals surface area contributed by atoms with Gasteiger partial charge in [-0.3, -0.25) is 0 Å². The highest BCUT2D eigenvalue weighted by Gasteiger charge is 2.06. The maximum atomic E-state index is 7.67. The molecular weight excluding hydrogens is 126 g/mol. The van der Waals surface area contributed by atoms with Crippen molar-refractivity contribution in [3.05, 3.63) is 12.2 Å². The maximum Gasteiger partial charge on any atom is 0.132 e. The SMILES string of the molecule is [2H]C1([2H])Cc2nncn2CC([2H])([2H])C1([2H])[2H]. The van der Waals surface area contributed by atoms with Crippen molar-refractivity contribution in [2.75, 3.05) is 0 Å². The fourth-order valence-electron chi connectivity index (χ4n) is 0.858. The van der Waals surface area contributed by atoms with Gasteiger partial charge < -0.3 is 4.57 Å². The van der Waals surface area contributed by atoms with Gasteiger partial charge in [-0.1, -0.05) is 6.37 Å². The lowest BCUT2D eigenvalue weighted by atomic mass is 10.2. The molecule has 3 heteroatoms. The van der Waals surface area contributed by atoms with E-state index in [0.29, 0.717) is 0 Å². The van der Waals surface area contributed by atoms with Crippen LogP contribution in [0, 0.1) is 0 Å². The Kier molecular flexibility index (Phi) is 0.559. The first-order valence-corrected chi connectivity index (χ1v) is 3.04. The number of aryl methyl sites for hydroxylation is 2. The molecule has 0 aromatic carbocycles. The summed E-state index contributed by atoms with van der Waals surface area (Å²) >= 11 is 0. The largest absolute Gasteiger partial charge is 0.318 e. The predicted molar refractivity (Wildman–Crippen MR) is 37.6 cm³/mol. The number of nitrogens with zero attached hydrogens (tertiary/aromatic N) is 3. The fraction of sp³-hybridized carbons (Fsp3) is 0.714. The van der Waals surface area contributed by atoms with Crippen molar-refractivity contribution < 1.29 is 8.22 Å². The Morgan fingerprint density at radius 2 is 2.50 bits per heavy atom. The Morgan fingerprint density at radius 3 is 3.50 bits per heavy atom. The minimum atomic E-state index is -2.57. The number of rotatable bonds is 0. The fourth-order valence-corrected chi connectivity index (χ4v) is 0.858. The van der Waals surface area contributed by atoms with Crippen LogP contribution in [-0.2, 0) is 13.0 Å². The molecule has 10 heavy (non-hydrogen) atoms. The molecule has 1 aliphatic rings. The van der Waals surface area contributed by atoms with Gasteiger partial charge in [-0.2, -0.15) is 0 Å². The molecule has 3 nitrogen and oxygen atoms in total. The molecule has 1 aliphatic heterocycles. The lowest BCUT2D eigenvalue weighted by molar-refractivity contribution is 0.632. The molecule has 0 spiro atoms. The Labute approximate surface area is 68.5 Å². The van der Waals surface area contributed by atoms with Crippen LogP contribution in [0.1, 0.15) is 33.2 Å². The van der Waals surface area contributed by atoms with Crippen molar-refractivity contribution in [1.29, 1.82) is 0 Å². The van der Waals surface area contributed by atoms with E-state index in [4.69, 9.17) is 8.22 Å². The quantitative estimate of drug-likeness (QED) is 0.542. The van der Waals surface area contributed by atoms with Gasteiger partial charge in [0.05, 0.1) is 0 Å². The minimum Gasteiger partial charge on any atom is -0.318 e. The zero-order chi connectivity index (χ0) is 12.2. The molecule has 1 aromatic heterocycles. The second kappa shape index (κ2) is 2.40. The minimum absolute atomic E-state index is 0.273. The predicted octanol–water partition coefficient (Wildman–Crippen LogP) is 1.00. The van der Waals surface area contributed by atoms with E-state index in [0.717, 1.165) is 0 Å². The number of hydrogen-bond acceptors (Lipinski definition) is 2. The summed E-state index contributed by atoms with van der Waals surface area (Å²) in [7, 11) is 0. The van der Waals surface area contributed by atoms with Crippen molar-refractivity contribution in [2.45, 2.75) is 32.1 Å². The van der Waals surface area contributed by atoms with Crippen LogP contribution in [0.15, 0.2) is 6.33 Å². The molecular formula is C7H11N3. The summed E-state index contributed by atoms with van der Waals surface area (Å²) < 4.78 is 47.3. The first-order chi connectivity index (χ1) is 7.17. The molecule has 0 radical (unpaired) electrons. The van der Waals surface area contributed by atoms with Crippen LogP contribution in [0.4, 0.5) is 0 Å². The summed E-state index contributed by atoms with van der Waals surface area (Å²) in [6.07, 6.45) is -6.16. The number of aromatic nitrogens is 3. The molecule has 0 saturated carbocycles. The average molecular weight is 143 g/mol. The van der Waals surface area contributed by atoms with Crippen LogP contribution >= 0.6 is 0 Å². The van der Waals surface area contributed by atoms with Crippen molar-refractivity contribution in [3.8, 4) is 0 Å². The summed E-state index contributed by atoms with van der Waals surface area (Å²) in [6, 6.07) is 0. The van der Waals surface area contributed by atoms with Gasteiger partial charge in [-0.05, 0) is 12.7 Å². The molecule has 0 fully saturated rings. The Hall–Kier alpha value is -0.860. The zero-order valence-electron chi connectivity index (χ0n) is 11.3.